The van der Waals surface area contributed by atoms with Crippen molar-refractivity contribution in [1.82, 2.24) is 10.2 Å². The summed E-state index contributed by atoms with van der Waals surface area (Å²) in [5, 5.41) is 3.78. The molecule has 0 bridgehead atoms. The maximum atomic E-state index is 6.06. The summed E-state index contributed by atoms with van der Waals surface area (Å²) in [7, 11) is 0. The van der Waals surface area contributed by atoms with Crippen LogP contribution in [0.5, 0.6) is 0 Å². The van der Waals surface area contributed by atoms with Gasteiger partial charge in [-0.05, 0) is 45.4 Å². The normalized spacial score (nSPS) is 39.6. The molecule has 0 radical (unpaired) electrons. The summed E-state index contributed by atoms with van der Waals surface area (Å²) < 4.78 is 6.06. The molecule has 0 aromatic heterocycles. The van der Waals surface area contributed by atoms with Crippen LogP contribution in [0.2, 0.25) is 0 Å². The summed E-state index contributed by atoms with van der Waals surface area (Å²) >= 11 is 0. The van der Waals surface area contributed by atoms with Gasteiger partial charge in [-0.3, -0.25) is 4.90 Å². The van der Waals surface area contributed by atoms with Gasteiger partial charge in [-0.25, -0.2) is 0 Å². The van der Waals surface area contributed by atoms with Crippen LogP contribution < -0.4 is 5.32 Å². The summed E-state index contributed by atoms with van der Waals surface area (Å²) in [5.41, 5.74) is 0.275. The Morgan fingerprint density at radius 3 is 2.65 bits per heavy atom. The average molecular weight is 282 g/mol. The van der Waals surface area contributed by atoms with Crippen LogP contribution in [0.1, 0.15) is 60.3 Å². The Bertz CT molecular complexity index is 307. The second-order valence-corrected chi connectivity index (χ2v) is 7.65. The van der Waals surface area contributed by atoms with Crippen LogP contribution in [0.4, 0.5) is 0 Å². The third-order valence-electron chi connectivity index (χ3n) is 5.11. The molecule has 2 rings (SSSR count). The molecule has 1 N–H and O–H groups in total. The number of hydrogen-bond acceptors (Lipinski definition) is 3. The predicted molar refractivity (Wildman–Crippen MR) is 85.1 cm³/mol. The fourth-order valence-corrected chi connectivity index (χ4v) is 3.63. The number of nitrogens with zero attached hydrogens (tertiary/aromatic N) is 1. The number of rotatable bonds is 5. The van der Waals surface area contributed by atoms with Gasteiger partial charge in [-0.2, -0.15) is 0 Å². The lowest BCUT2D eigenvalue weighted by Crippen LogP contribution is -2.63. The summed E-state index contributed by atoms with van der Waals surface area (Å²) in [4.78, 5) is 2.71. The molecule has 20 heavy (non-hydrogen) atoms. The molecule has 2 aliphatic heterocycles. The zero-order valence-electron chi connectivity index (χ0n) is 14.1. The second-order valence-electron chi connectivity index (χ2n) is 7.65. The van der Waals surface area contributed by atoms with E-state index in [1.165, 1.54) is 25.7 Å². The van der Waals surface area contributed by atoms with E-state index >= 15 is 0 Å². The average Bonchev–Trinajstić information content (AvgIpc) is 2.78. The molecule has 4 unspecified atom stereocenters. The van der Waals surface area contributed by atoms with E-state index in [9.17, 15) is 0 Å². The maximum Gasteiger partial charge on any atom is 0.0706 e. The highest BCUT2D eigenvalue weighted by Gasteiger charge is 2.36. The summed E-state index contributed by atoms with van der Waals surface area (Å²) in [6.45, 7) is 14.9. The molecule has 2 heterocycles. The minimum atomic E-state index is 0.275. The van der Waals surface area contributed by atoms with Gasteiger partial charge in [-0.15, -0.1) is 0 Å². The van der Waals surface area contributed by atoms with Crippen molar-refractivity contribution in [2.45, 2.75) is 84.1 Å². The topological polar surface area (TPSA) is 24.5 Å². The Morgan fingerprint density at radius 1 is 1.35 bits per heavy atom. The molecule has 0 spiro atoms. The highest BCUT2D eigenvalue weighted by atomic mass is 16.5. The van der Waals surface area contributed by atoms with E-state index < -0.39 is 0 Å². The molecule has 0 aliphatic carbocycles. The lowest BCUT2D eigenvalue weighted by Gasteiger charge is -2.47. The molecule has 2 fully saturated rings. The quantitative estimate of drug-likeness (QED) is 0.839. The van der Waals surface area contributed by atoms with Crippen LogP contribution in [0.25, 0.3) is 0 Å². The van der Waals surface area contributed by atoms with Gasteiger partial charge in [0.15, 0.2) is 0 Å². The fraction of sp³-hybridized carbons (Fsp3) is 1.00. The van der Waals surface area contributed by atoms with Gasteiger partial charge in [0.2, 0.25) is 0 Å². The number of nitrogens with one attached hydrogen (secondary N) is 1. The molecule has 2 aliphatic rings. The minimum Gasteiger partial charge on any atom is -0.374 e. The molecule has 4 atom stereocenters. The van der Waals surface area contributed by atoms with Gasteiger partial charge in [-0.1, -0.05) is 20.8 Å². The van der Waals surface area contributed by atoms with Gasteiger partial charge >= 0.3 is 0 Å². The fourth-order valence-electron chi connectivity index (χ4n) is 3.63. The highest BCUT2D eigenvalue weighted by Crippen LogP contribution is 2.26. The second kappa shape index (κ2) is 6.76. The Labute approximate surface area is 125 Å². The van der Waals surface area contributed by atoms with Crippen molar-refractivity contribution < 1.29 is 4.74 Å². The van der Waals surface area contributed by atoms with Gasteiger partial charge in [0.1, 0.15) is 0 Å². The van der Waals surface area contributed by atoms with Crippen molar-refractivity contribution in [3.05, 3.63) is 0 Å². The Hall–Kier alpha value is -0.120. The molecule has 118 valence electrons. The largest absolute Gasteiger partial charge is 0.374 e. The van der Waals surface area contributed by atoms with Crippen LogP contribution in [0.3, 0.4) is 0 Å². The molecule has 0 aromatic carbocycles. The first-order valence-corrected chi connectivity index (χ1v) is 8.56. The van der Waals surface area contributed by atoms with Gasteiger partial charge < -0.3 is 10.1 Å². The Kier molecular flexibility index (Phi) is 5.49. The van der Waals surface area contributed by atoms with E-state index in [-0.39, 0.29) is 5.54 Å². The first-order valence-electron chi connectivity index (χ1n) is 8.56. The Morgan fingerprint density at radius 2 is 2.10 bits per heavy atom. The van der Waals surface area contributed by atoms with Crippen molar-refractivity contribution in [2.24, 2.45) is 5.92 Å². The highest BCUT2D eigenvalue weighted by molar-refractivity contribution is 4.95. The summed E-state index contributed by atoms with van der Waals surface area (Å²) in [6.07, 6.45) is 5.87. The first-order chi connectivity index (χ1) is 9.42. The third kappa shape index (κ3) is 4.19. The van der Waals surface area contributed by atoms with Crippen LogP contribution in [0.15, 0.2) is 0 Å². The van der Waals surface area contributed by atoms with Crippen LogP contribution in [-0.4, -0.2) is 48.3 Å². The molecule has 2 saturated heterocycles. The van der Waals surface area contributed by atoms with Crippen molar-refractivity contribution in [3.63, 3.8) is 0 Å². The molecular weight excluding hydrogens is 248 g/mol. The lowest BCUT2D eigenvalue weighted by atomic mass is 9.90. The van der Waals surface area contributed by atoms with Gasteiger partial charge in [0.05, 0.1) is 12.2 Å². The molecule has 0 saturated carbocycles. The standard InChI is InChI=1S/C17H34N2O/c1-6-17(5)12-19(11-16-8-7-14(4)20-16)15(10-18-17)9-13(2)3/h13-16,18H,6-12H2,1-5H3. The first kappa shape index (κ1) is 16.3. The van der Waals surface area contributed by atoms with Crippen LogP contribution in [-0.2, 0) is 4.74 Å². The summed E-state index contributed by atoms with van der Waals surface area (Å²) in [5.74, 6) is 0.763. The molecular formula is C17H34N2O. The van der Waals surface area contributed by atoms with Crippen LogP contribution in [0, 0.1) is 5.92 Å². The van der Waals surface area contributed by atoms with Crippen molar-refractivity contribution in [3.8, 4) is 0 Å². The molecule has 0 aromatic rings. The molecule has 0 amide bonds. The van der Waals surface area contributed by atoms with Gasteiger partial charge in [0, 0.05) is 31.2 Å². The zero-order valence-corrected chi connectivity index (χ0v) is 14.1. The predicted octanol–water partition coefficient (Wildman–Crippen LogP) is 3.04. The van der Waals surface area contributed by atoms with Gasteiger partial charge in [0.25, 0.3) is 0 Å². The Balaban J connectivity index is 1.97. The number of hydrogen-bond donors (Lipinski definition) is 1. The van der Waals surface area contributed by atoms with E-state index in [1.54, 1.807) is 0 Å². The third-order valence-corrected chi connectivity index (χ3v) is 5.11. The van der Waals surface area contributed by atoms with E-state index in [4.69, 9.17) is 4.74 Å². The van der Waals surface area contributed by atoms with Crippen LogP contribution >= 0.6 is 0 Å². The zero-order chi connectivity index (χ0) is 14.8. The number of piperazine rings is 1. The van der Waals surface area contributed by atoms with Crippen molar-refractivity contribution in [1.29, 1.82) is 0 Å². The summed E-state index contributed by atoms with van der Waals surface area (Å²) in [6, 6.07) is 0.675. The van der Waals surface area contributed by atoms with E-state index in [0.717, 1.165) is 25.6 Å². The minimum absolute atomic E-state index is 0.275. The molecule has 3 nitrogen and oxygen atoms in total. The molecule has 3 heteroatoms. The van der Waals surface area contributed by atoms with Crippen molar-refractivity contribution >= 4 is 0 Å². The maximum absolute atomic E-state index is 6.06. The number of ether oxygens (including phenoxy) is 1. The van der Waals surface area contributed by atoms with Crippen molar-refractivity contribution in [2.75, 3.05) is 19.6 Å². The van der Waals surface area contributed by atoms with E-state index in [0.29, 0.717) is 18.2 Å². The lowest BCUT2D eigenvalue weighted by molar-refractivity contribution is -0.00388. The monoisotopic (exact) mass is 282 g/mol. The van der Waals surface area contributed by atoms with E-state index in [1.807, 2.05) is 0 Å². The van der Waals surface area contributed by atoms with E-state index in [2.05, 4.69) is 44.8 Å². The smallest absolute Gasteiger partial charge is 0.0706 e. The SMILES string of the molecule is CCC1(C)CN(CC2CCC(C)O2)C(CC(C)C)CN1.